The normalized spacial score (nSPS) is 11.2. The van der Waals surface area contributed by atoms with Gasteiger partial charge in [0.1, 0.15) is 11.2 Å². The van der Waals surface area contributed by atoms with E-state index in [2.05, 4.69) is 50.0 Å². The number of fused-ring (bicyclic) bond motifs is 1. The number of aromatic nitrogens is 4. The smallest absolute Gasteiger partial charge is 0.285 e. The molecule has 186 valence electrons. The van der Waals surface area contributed by atoms with Crippen molar-refractivity contribution in [3.8, 4) is 0 Å². The fourth-order valence-electron chi connectivity index (χ4n) is 4.15. The number of benzene rings is 2. The van der Waals surface area contributed by atoms with E-state index in [1.165, 1.54) is 28.4 Å². The molecule has 37 heavy (non-hydrogen) atoms. The Morgan fingerprint density at radius 2 is 1.57 bits per heavy atom. The molecule has 0 bridgehead atoms. The molecule has 3 heterocycles. The van der Waals surface area contributed by atoms with E-state index >= 15 is 0 Å². The summed E-state index contributed by atoms with van der Waals surface area (Å²) in [4.78, 5) is 34.0. The Labute approximate surface area is 218 Å². The number of carbonyl (C=O) groups excluding carboxylic acids is 1. The van der Waals surface area contributed by atoms with Crippen molar-refractivity contribution >= 4 is 38.3 Å². The van der Waals surface area contributed by atoms with Crippen LogP contribution in [0.15, 0.2) is 90.0 Å². The van der Waals surface area contributed by atoms with Crippen molar-refractivity contribution in [3.63, 3.8) is 0 Å². The Hall–Kier alpha value is -4.37. The largest absolute Gasteiger partial charge is 0.366 e. The van der Waals surface area contributed by atoms with Crippen LogP contribution in [0.4, 0.5) is 10.9 Å². The number of hydrogen-bond donors (Lipinski definition) is 2. The molecule has 0 unspecified atom stereocenters. The molecule has 8 nitrogen and oxygen atoms in total. The first-order valence-corrected chi connectivity index (χ1v) is 12.8. The highest BCUT2D eigenvalue weighted by Gasteiger charge is 2.20. The van der Waals surface area contributed by atoms with Gasteiger partial charge in [-0.25, -0.2) is 14.6 Å². The van der Waals surface area contributed by atoms with E-state index in [1.54, 1.807) is 6.07 Å². The van der Waals surface area contributed by atoms with Crippen LogP contribution in [-0.4, -0.2) is 25.7 Å². The van der Waals surface area contributed by atoms with Crippen LogP contribution in [0.5, 0.6) is 0 Å². The van der Waals surface area contributed by atoms with Crippen LogP contribution in [0.2, 0.25) is 0 Å². The third-order valence-electron chi connectivity index (χ3n) is 5.87. The van der Waals surface area contributed by atoms with Crippen molar-refractivity contribution in [2.75, 3.05) is 10.6 Å². The van der Waals surface area contributed by atoms with Gasteiger partial charge >= 0.3 is 0 Å². The van der Waals surface area contributed by atoms with Crippen molar-refractivity contribution in [3.05, 3.63) is 112 Å². The molecule has 2 N–H and O–H groups in total. The topological polar surface area (TPSA) is 102 Å². The minimum Gasteiger partial charge on any atom is -0.366 e. The molecule has 5 rings (SSSR count). The zero-order valence-electron chi connectivity index (χ0n) is 20.5. The molecule has 0 aliphatic heterocycles. The minimum atomic E-state index is -0.419. The molecule has 9 heteroatoms. The second-order valence-electron chi connectivity index (χ2n) is 8.88. The summed E-state index contributed by atoms with van der Waals surface area (Å²) in [5, 5.41) is 12.5. The summed E-state index contributed by atoms with van der Waals surface area (Å²) in [5.41, 5.74) is 2.69. The Balaban J connectivity index is 1.50. The number of thiophene rings is 1. The lowest BCUT2D eigenvalue weighted by Crippen LogP contribution is -2.30. The number of anilines is 2. The average Bonchev–Trinajstić information content (AvgIpc) is 3.34. The lowest BCUT2D eigenvalue weighted by atomic mass is 9.99. The van der Waals surface area contributed by atoms with Crippen molar-refractivity contribution in [1.82, 2.24) is 19.7 Å². The Bertz CT molecular complexity index is 1530. The maximum Gasteiger partial charge on any atom is 0.285 e. The van der Waals surface area contributed by atoms with Gasteiger partial charge in [0.15, 0.2) is 0 Å². The summed E-state index contributed by atoms with van der Waals surface area (Å²) in [6, 6.07) is 24.0. The first-order valence-electron chi connectivity index (χ1n) is 12.0. The molecule has 2 aromatic carbocycles. The molecular weight excluding hydrogens is 484 g/mol. The van der Waals surface area contributed by atoms with Crippen molar-refractivity contribution < 1.29 is 4.79 Å². The molecule has 0 aliphatic rings. The summed E-state index contributed by atoms with van der Waals surface area (Å²) in [6.07, 6.45) is 3.07. The minimum absolute atomic E-state index is 0.0522. The van der Waals surface area contributed by atoms with Gasteiger partial charge in [-0.3, -0.25) is 14.9 Å². The van der Waals surface area contributed by atoms with Gasteiger partial charge in [0.05, 0.1) is 16.7 Å². The standard InChI is InChI=1S/C28H26N6O2S/c1-18(2)24-21-16-23(32-25(19-10-5-3-6-11-19)20-12-7-4-8-13-20)37-26(21)27(36)34(33-24)17-22(35)31-28-29-14-9-15-30-28/h3-16,18,25,32H,17H2,1-2H3,(H,29,30,31,35). The second-order valence-corrected chi connectivity index (χ2v) is 9.93. The van der Waals surface area contributed by atoms with Gasteiger partial charge in [0.2, 0.25) is 11.9 Å². The summed E-state index contributed by atoms with van der Waals surface area (Å²) >= 11 is 1.38. The average molecular weight is 511 g/mol. The Morgan fingerprint density at radius 3 is 2.16 bits per heavy atom. The fourth-order valence-corrected chi connectivity index (χ4v) is 5.19. The van der Waals surface area contributed by atoms with Crippen LogP contribution in [0, 0.1) is 0 Å². The monoisotopic (exact) mass is 510 g/mol. The number of carbonyl (C=O) groups is 1. The quantitative estimate of drug-likeness (QED) is 0.297. The highest BCUT2D eigenvalue weighted by atomic mass is 32.1. The highest BCUT2D eigenvalue weighted by molar-refractivity contribution is 7.22. The molecule has 0 fully saturated rings. The lowest BCUT2D eigenvalue weighted by Gasteiger charge is -2.20. The van der Waals surface area contributed by atoms with Crippen LogP contribution in [0.1, 0.15) is 42.6 Å². The van der Waals surface area contributed by atoms with Crippen LogP contribution in [0.3, 0.4) is 0 Å². The Morgan fingerprint density at radius 1 is 0.946 bits per heavy atom. The molecule has 5 aromatic rings. The van der Waals surface area contributed by atoms with E-state index in [1.807, 2.05) is 56.3 Å². The maximum absolute atomic E-state index is 13.4. The maximum atomic E-state index is 13.4. The predicted molar refractivity (Wildman–Crippen MR) is 147 cm³/mol. The molecule has 3 aromatic heterocycles. The summed E-state index contributed by atoms with van der Waals surface area (Å²) in [6.45, 7) is 3.82. The van der Waals surface area contributed by atoms with E-state index in [0.29, 0.717) is 4.70 Å². The molecule has 1 amide bonds. The van der Waals surface area contributed by atoms with E-state index in [4.69, 9.17) is 0 Å². The molecular formula is C28H26N6O2S. The zero-order valence-corrected chi connectivity index (χ0v) is 21.3. The number of hydrogen-bond acceptors (Lipinski definition) is 7. The Kier molecular flexibility index (Phi) is 7.04. The molecule has 0 saturated carbocycles. The van der Waals surface area contributed by atoms with E-state index in [0.717, 1.165) is 27.2 Å². The molecule has 0 aliphatic carbocycles. The molecule has 0 saturated heterocycles. The third kappa shape index (κ3) is 5.41. The van der Waals surface area contributed by atoms with Crippen molar-refractivity contribution in [2.24, 2.45) is 0 Å². The van der Waals surface area contributed by atoms with E-state index < -0.39 is 5.91 Å². The van der Waals surface area contributed by atoms with Crippen LogP contribution in [0.25, 0.3) is 10.1 Å². The van der Waals surface area contributed by atoms with Crippen molar-refractivity contribution in [2.45, 2.75) is 32.4 Å². The SMILES string of the molecule is CC(C)c1nn(CC(=O)Nc2ncccn2)c(=O)c2sc(NC(c3ccccc3)c3ccccc3)cc12. The predicted octanol–water partition coefficient (Wildman–Crippen LogP) is 5.21. The fraction of sp³-hybridized carbons (Fsp3) is 0.179. The van der Waals surface area contributed by atoms with Gasteiger partial charge in [0.25, 0.3) is 5.56 Å². The van der Waals surface area contributed by atoms with Gasteiger partial charge in [-0.1, -0.05) is 74.5 Å². The summed E-state index contributed by atoms with van der Waals surface area (Å²) in [5.74, 6) is -0.185. The molecule has 0 radical (unpaired) electrons. The van der Waals surface area contributed by atoms with Gasteiger partial charge < -0.3 is 5.32 Å². The van der Waals surface area contributed by atoms with Crippen LogP contribution in [-0.2, 0) is 11.3 Å². The first-order chi connectivity index (χ1) is 18.0. The summed E-state index contributed by atoms with van der Waals surface area (Å²) < 4.78 is 1.78. The first kappa shape index (κ1) is 24.3. The summed E-state index contributed by atoms with van der Waals surface area (Å²) in [7, 11) is 0. The molecule has 0 spiro atoms. The van der Waals surface area contributed by atoms with Crippen molar-refractivity contribution in [1.29, 1.82) is 0 Å². The number of amides is 1. The van der Waals surface area contributed by atoms with Gasteiger partial charge in [-0.15, -0.1) is 11.3 Å². The van der Waals surface area contributed by atoms with Gasteiger partial charge in [-0.2, -0.15) is 5.10 Å². The number of nitrogens with zero attached hydrogens (tertiary/aromatic N) is 4. The van der Waals surface area contributed by atoms with E-state index in [-0.39, 0.29) is 30.0 Å². The highest BCUT2D eigenvalue weighted by Crippen LogP contribution is 2.35. The van der Waals surface area contributed by atoms with Crippen LogP contribution >= 0.6 is 11.3 Å². The van der Waals surface area contributed by atoms with Gasteiger partial charge in [-0.05, 0) is 29.2 Å². The number of nitrogens with one attached hydrogen (secondary N) is 2. The lowest BCUT2D eigenvalue weighted by molar-refractivity contribution is -0.117. The second kappa shape index (κ2) is 10.7. The molecule has 0 atom stereocenters. The van der Waals surface area contributed by atoms with E-state index in [9.17, 15) is 9.59 Å². The van der Waals surface area contributed by atoms with Gasteiger partial charge in [0, 0.05) is 17.8 Å². The zero-order chi connectivity index (χ0) is 25.8. The number of rotatable bonds is 8. The third-order valence-corrected chi connectivity index (χ3v) is 6.93. The van der Waals surface area contributed by atoms with Crippen LogP contribution < -0.4 is 16.2 Å².